The van der Waals surface area contributed by atoms with Crippen molar-refractivity contribution in [3.05, 3.63) is 56.8 Å². The Balaban J connectivity index is 2.18. The van der Waals surface area contributed by atoms with E-state index in [4.69, 9.17) is 4.74 Å². The van der Waals surface area contributed by atoms with Gasteiger partial charge in [0.15, 0.2) is 5.78 Å². The number of nitrogens with one attached hydrogen (secondary N) is 1. The number of esters is 1. The van der Waals surface area contributed by atoms with Crippen LogP contribution in [0.25, 0.3) is 0 Å². The van der Waals surface area contributed by atoms with Crippen LogP contribution in [0.15, 0.2) is 51.3 Å². The maximum Gasteiger partial charge on any atom is 0.336 e. The smallest absolute Gasteiger partial charge is 0.336 e. The standard InChI is InChI=1S/C21H24BrNO3/c1-5-26-20(25)17-12(2)23-15-10-21(3,4)11-16(24)19(15)18(17)13-7-6-8-14(22)9-13/h6-9,18,23H,5,10-11H2,1-4H3/t18-/m0/s1. The molecule has 0 unspecified atom stereocenters. The van der Waals surface area contributed by atoms with Crippen molar-refractivity contribution in [2.24, 2.45) is 5.41 Å². The summed E-state index contributed by atoms with van der Waals surface area (Å²) in [5.74, 6) is -0.666. The molecule has 1 aromatic carbocycles. The Morgan fingerprint density at radius 1 is 1.35 bits per heavy atom. The summed E-state index contributed by atoms with van der Waals surface area (Å²) in [6.07, 6.45) is 1.26. The number of ketones is 1. The van der Waals surface area contributed by atoms with Gasteiger partial charge in [0.2, 0.25) is 0 Å². The van der Waals surface area contributed by atoms with Crippen LogP contribution in [0.2, 0.25) is 0 Å². The van der Waals surface area contributed by atoms with E-state index in [1.165, 1.54) is 0 Å². The lowest BCUT2D eigenvalue weighted by Gasteiger charge is -2.39. The lowest BCUT2D eigenvalue weighted by atomic mass is 9.68. The number of carbonyl (C=O) groups excluding carboxylic acids is 2. The number of benzene rings is 1. The van der Waals surface area contributed by atoms with E-state index >= 15 is 0 Å². The molecule has 1 atom stereocenters. The van der Waals surface area contributed by atoms with Crippen LogP contribution in [0.1, 0.15) is 52.0 Å². The minimum atomic E-state index is -0.397. The zero-order valence-corrected chi connectivity index (χ0v) is 17.2. The van der Waals surface area contributed by atoms with E-state index in [9.17, 15) is 9.59 Å². The summed E-state index contributed by atoms with van der Waals surface area (Å²) in [6.45, 7) is 8.17. The fraction of sp³-hybridized carbons (Fsp3) is 0.429. The minimum absolute atomic E-state index is 0.0908. The zero-order chi connectivity index (χ0) is 19.1. The number of ether oxygens (including phenoxy) is 1. The van der Waals surface area contributed by atoms with Gasteiger partial charge in [-0.3, -0.25) is 4.79 Å². The van der Waals surface area contributed by atoms with Crippen LogP contribution in [-0.4, -0.2) is 18.4 Å². The summed E-state index contributed by atoms with van der Waals surface area (Å²) >= 11 is 3.50. The molecule has 1 aromatic rings. The number of hydrogen-bond acceptors (Lipinski definition) is 4. The third kappa shape index (κ3) is 3.50. The molecule has 0 saturated carbocycles. The van der Waals surface area contributed by atoms with E-state index < -0.39 is 5.92 Å². The van der Waals surface area contributed by atoms with E-state index in [0.717, 1.165) is 27.9 Å². The molecule has 2 aliphatic rings. The van der Waals surface area contributed by atoms with Crippen LogP contribution in [-0.2, 0) is 14.3 Å². The number of hydrogen-bond donors (Lipinski definition) is 1. The van der Waals surface area contributed by atoms with Crippen molar-refractivity contribution in [2.45, 2.75) is 46.5 Å². The summed E-state index contributed by atoms with van der Waals surface area (Å²) in [6, 6.07) is 7.80. The van der Waals surface area contributed by atoms with Crippen molar-refractivity contribution < 1.29 is 14.3 Å². The third-order valence-electron chi connectivity index (χ3n) is 4.92. The summed E-state index contributed by atoms with van der Waals surface area (Å²) in [7, 11) is 0. The molecule has 0 bridgehead atoms. The van der Waals surface area contributed by atoms with E-state index in [0.29, 0.717) is 24.2 Å². The van der Waals surface area contributed by atoms with E-state index in [-0.39, 0.29) is 17.2 Å². The molecule has 1 N–H and O–H groups in total. The van der Waals surface area contributed by atoms with Gasteiger partial charge in [-0.05, 0) is 43.4 Å². The Morgan fingerprint density at radius 3 is 2.73 bits per heavy atom. The fourth-order valence-electron chi connectivity index (χ4n) is 3.93. The summed E-state index contributed by atoms with van der Waals surface area (Å²) in [4.78, 5) is 25.8. The van der Waals surface area contributed by atoms with Crippen molar-refractivity contribution in [3.63, 3.8) is 0 Å². The molecule has 0 aromatic heterocycles. The fourth-order valence-corrected chi connectivity index (χ4v) is 4.35. The summed E-state index contributed by atoms with van der Waals surface area (Å²) in [5, 5.41) is 3.33. The molecule has 0 amide bonds. The zero-order valence-electron chi connectivity index (χ0n) is 15.6. The van der Waals surface area contributed by atoms with E-state index in [1.54, 1.807) is 6.92 Å². The first kappa shape index (κ1) is 18.9. The maximum absolute atomic E-state index is 13.1. The Bertz CT molecular complexity index is 835. The first-order valence-electron chi connectivity index (χ1n) is 8.90. The quantitative estimate of drug-likeness (QED) is 0.729. The Kier molecular flexibility index (Phi) is 5.11. The van der Waals surface area contributed by atoms with Crippen molar-refractivity contribution in [1.29, 1.82) is 0 Å². The highest BCUT2D eigenvalue weighted by molar-refractivity contribution is 9.10. The second kappa shape index (κ2) is 7.03. The number of rotatable bonds is 3. The topological polar surface area (TPSA) is 55.4 Å². The van der Waals surface area contributed by atoms with Crippen LogP contribution in [0, 0.1) is 5.41 Å². The molecular formula is C21H24BrNO3. The minimum Gasteiger partial charge on any atom is -0.463 e. The normalized spacial score (nSPS) is 22.0. The molecule has 0 fully saturated rings. The first-order chi connectivity index (χ1) is 12.2. The summed E-state index contributed by atoms with van der Waals surface area (Å²) < 4.78 is 6.22. The first-order valence-corrected chi connectivity index (χ1v) is 9.69. The van der Waals surface area contributed by atoms with Crippen LogP contribution in [0.4, 0.5) is 0 Å². The molecule has 1 aliphatic heterocycles. The molecule has 1 aliphatic carbocycles. The highest BCUT2D eigenvalue weighted by atomic mass is 79.9. The lowest BCUT2D eigenvalue weighted by molar-refractivity contribution is -0.138. The number of Topliss-reactive ketones (excluding diaryl/α,β-unsaturated/α-hetero) is 1. The molecule has 138 valence electrons. The third-order valence-corrected chi connectivity index (χ3v) is 5.41. The van der Waals surface area contributed by atoms with Gasteiger partial charge in [0.1, 0.15) is 0 Å². The SMILES string of the molecule is CCOC(=O)C1=C(C)NC2=C(C(=O)CC(C)(C)C2)[C@H]1c1cccc(Br)c1. The Morgan fingerprint density at radius 2 is 2.08 bits per heavy atom. The van der Waals surface area contributed by atoms with Gasteiger partial charge in [-0.1, -0.05) is 41.9 Å². The number of carbonyl (C=O) groups is 2. The van der Waals surface area contributed by atoms with Crippen LogP contribution >= 0.6 is 15.9 Å². The molecular weight excluding hydrogens is 394 g/mol. The van der Waals surface area contributed by atoms with Gasteiger partial charge >= 0.3 is 5.97 Å². The second-order valence-corrected chi connectivity index (χ2v) is 8.62. The molecule has 5 heteroatoms. The number of dihydropyridines is 1. The molecule has 4 nitrogen and oxygen atoms in total. The van der Waals surface area contributed by atoms with Gasteiger partial charge in [-0.2, -0.15) is 0 Å². The van der Waals surface area contributed by atoms with Crippen LogP contribution in [0.3, 0.4) is 0 Å². The van der Waals surface area contributed by atoms with Crippen LogP contribution < -0.4 is 5.32 Å². The van der Waals surface area contributed by atoms with Gasteiger partial charge in [0.25, 0.3) is 0 Å². The number of halogens is 1. The molecule has 0 saturated heterocycles. The predicted molar refractivity (Wildman–Crippen MR) is 104 cm³/mol. The average Bonchev–Trinajstić information content (AvgIpc) is 2.52. The maximum atomic E-state index is 13.1. The molecule has 3 rings (SSSR count). The predicted octanol–water partition coefficient (Wildman–Crippen LogP) is 4.62. The summed E-state index contributed by atoms with van der Waals surface area (Å²) in [5.41, 5.74) is 3.75. The van der Waals surface area contributed by atoms with Gasteiger partial charge in [0, 0.05) is 33.8 Å². The lowest BCUT2D eigenvalue weighted by Crippen LogP contribution is -2.38. The van der Waals surface area contributed by atoms with Gasteiger partial charge in [-0.25, -0.2) is 4.79 Å². The van der Waals surface area contributed by atoms with E-state index in [2.05, 4.69) is 35.1 Å². The highest BCUT2D eigenvalue weighted by Crippen LogP contribution is 2.47. The second-order valence-electron chi connectivity index (χ2n) is 7.71. The average molecular weight is 418 g/mol. The van der Waals surface area contributed by atoms with Crippen molar-refractivity contribution in [1.82, 2.24) is 5.32 Å². The molecule has 1 heterocycles. The Labute approximate surface area is 162 Å². The van der Waals surface area contributed by atoms with Crippen molar-refractivity contribution in [2.75, 3.05) is 6.61 Å². The largest absolute Gasteiger partial charge is 0.463 e. The van der Waals surface area contributed by atoms with E-state index in [1.807, 2.05) is 31.2 Å². The molecule has 26 heavy (non-hydrogen) atoms. The van der Waals surface area contributed by atoms with Crippen molar-refractivity contribution >= 4 is 27.7 Å². The monoisotopic (exact) mass is 417 g/mol. The number of allylic oxidation sites excluding steroid dienone is 3. The highest BCUT2D eigenvalue weighted by Gasteiger charge is 2.43. The van der Waals surface area contributed by atoms with Gasteiger partial charge in [-0.15, -0.1) is 0 Å². The van der Waals surface area contributed by atoms with Crippen LogP contribution in [0.5, 0.6) is 0 Å². The van der Waals surface area contributed by atoms with Gasteiger partial charge in [0.05, 0.1) is 12.2 Å². The molecule has 0 radical (unpaired) electrons. The van der Waals surface area contributed by atoms with Crippen molar-refractivity contribution in [3.8, 4) is 0 Å². The van der Waals surface area contributed by atoms with Gasteiger partial charge < -0.3 is 10.1 Å². The Hall–Kier alpha value is -1.88. The molecule has 0 spiro atoms.